The van der Waals surface area contributed by atoms with Gasteiger partial charge >= 0.3 is 0 Å². The molecule has 2 aliphatic rings. The Labute approximate surface area is 116 Å². The van der Waals surface area contributed by atoms with E-state index in [9.17, 15) is 8.42 Å². The Morgan fingerprint density at radius 2 is 1.89 bits per heavy atom. The fraction of sp³-hybridized carbons (Fsp3) is 1.00. The van der Waals surface area contributed by atoms with Crippen LogP contribution in [0.2, 0.25) is 0 Å². The molecule has 2 atom stereocenters. The normalized spacial score (nSPS) is 30.7. The van der Waals surface area contributed by atoms with Crippen molar-refractivity contribution >= 4 is 22.6 Å². The van der Waals surface area contributed by atoms with Gasteiger partial charge in [0.2, 0.25) is 0 Å². The number of nitrogens with one attached hydrogen (secondary N) is 2. The minimum atomic E-state index is -3.25. The summed E-state index contributed by atoms with van der Waals surface area (Å²) in [7, 11) is -3.25. The first-order valence-electron chi connectivity index (χ1n) is 6.59. The molecular formula is C11H24ClN3O2S. The second-order valence-electron chi connectivity index (χ2n) is 5.16. The van der Waals surface area contributed by atoms with Gasteiger partial charge in [-0.05, 0) is 39.2 Å². The highest BCUT2D eigenvalue weighted by molar-refractivity contribution is 7.87. The summed E-state index contributed by atoms with van der Waals surface area (Å²) < 4.78 is 28.8. The van der Waals surface area contributed by atoms with E-state index in [1.807, 2.05) is 0 Å². The third kappa shape index (κ3) is 4.35. The monoisotopic (exact) mass is 297 g/mol. The highest BCUT2D eigenvalue weighted by Crippen LogP contribution is 2.15. The van der Waals surface area contributed by atoms with Gasteiger partial charge in [0.15, 0.2) is 0 Å². The van der Waals surface area contributed by atoms with Crippen LogP contribution in [0.1, 0.15) is 39.0 Å². The summed E-state index contributed by atoms with van der Waals surface area (Å²) in [6.07, 6.45) is 4.90. The van der Waals surface area contributed by atoms with Gasteiger partial charge in [0, 0.05) is 25.2 Å². The van der Waals surface area contributed by atoms with Gasteiger partial charge in [-0.2, -0.15) is 17.4 Å². The van der Waals surface area contributed by atoms with Crippen molar-refractivity contribution in [2.24, 2.45) is 0 Å². The molecule has 0 aromatic heterocycles. The molecule has 5 nitrogen and oxygen atoms in total. The largest absolute Gasteiger partial charge is 0.314 e. The number of piperidine rings is 2. The van der Waals surface area contributed by atoms with Crippen molar-refractivity contribution in [2.75, 3.05) is 19.6 Å². The lowest BCUT2D eigenvalue weighted by Gasteiger charge is -2.32. The van der Waals surface area contributed by atoms with Crippen LogP contribution in [0, 0.1) is 0 Å². The van der Waals surface area contributed by atoms with Gasteiger partial charge in [-0.1, -0.05) is 6.42 Å². The molecule has 0 spiro atoms. The molecule has 7 heteroatoms. The van der Waals surface area contributed by atoms with Gasteiger partial charge in [-0.25, -0.2) is 0 Å². The van der Waals surface area contributed by atoms with Crippen molar-refractivity contribution in [3.05, 3.63) is 0 Å². The lowest BCUT2D eigenvalue weighted by Crippen LogP contribution is -2.51. The molecule has 2 fully saturated rings. The molecule has 2 heterocycles. The lowest BCUT2D eigenvalue weighted by atomic mass is 10.0. The average Bonchev–Trinajstić information content (AvgIpc) is 2.29. The minimum absolute atomic E-state index is 0. The second-order valence-corrected chi connectivity index (χ2v) is 6.86. The summed E-state index contributed by atoms with van der Waals surface area (Å²) in [5.41, 5.74) is 0. The number of halogens is 1. The standard InChI is InChI=1S/C11H23N3O2S.ClH/c1-10-9-11(5-6-12-10)13-17(15,16)14-7-3-2-4-8-14;/h10-13H,2-9H2,1H3;1H. The maximum atomic E-state index is 12.2. The molecule has 2 rings (SSSR count). The Morgan fingerprint density at radius 1 is 1.22 bits per heavy atom. The Balaban J connectivity index is 0.00000162. The van der Waals surface area contributed by atoms with Crippen molar-refractivity contribution < 1.29 is 8.42 Å². The van der Waals surface area contributed by atoms with Crippen LogP contribution in [0.25, 0.3) is 0 Å². The highest BCUT2D eigenvalue weighted by Gasteiger charge is 2.28. The van der Waals surface area contributed by atoms with E-state index in [-0.39, 0.29) is 18.4 Å². The topological polar surface area (TPSA) is 61.4 Å². The molecule has 0 aromatic rings. The Morgan fingerprint density at radius 3 is 2.50 bits per heavy atom. The summed E-state index contributed by atoms with van der Waals surface area (Å²) in [5.74, 6) is 0. The first kappa shape index (κ1) is 16.2. The molecule has 0 bridgehead atoms. The molecule has 0 amide bonds. The SMILES string of the molecule is CC1CC(NS(=O)(=O)N2CCCCC2)CCN1.Cl. The highest BCUT2D eigenvalue weighted by atomic mass is 35.5. The predicted molar refractivity (Wildman–Crippen MR) is 75.2 cm³/mol. The van der Waals surface area contributed by atoms with Crippen molar-refractivity contribution in [1.29, 1.82) is 0 Å². The predicted octanol–water partition coefficient (Wildman–Crippen LogP) is 0.869. The first-order chi connectivity index (χ1) is 8.08. The molecule has 108 valence electrons. The zero-order chi connectivity index (χ0) is 12.3. The Hall–Kier alpha value is 0.120. The summed E-state index contributed by atoms with van der Waals surface area (Å²) in [5, 5.41) is 3.33. The molecule has 0 aliphatic carbocycles. The lowest BCUT2D eigenvalue weighted by molar-refractivity contribution is 0.321. The zero-order valence-corrected chi connectivity index (χ0v) is 12.5. The van der Waals surface area contributed by atoms with Gasteiger partial charge < -0.3 is 5.32 Å². The molecule has 2 aliphatic heterocycles. The van der Waals surface area contributed by atoms with Crippen molar-refractivity contribution in [1.82, 2.24) is 14.3 Å². The van der Waals surface area contributed by atoms with E-state index in [2.05, 4.69) is 17.0 Å². The van der Waals surface area contributed by atoms with Gasteiger partial charge in [-0.15, -0.1) is 12.4 Å². The molecule has 0 aromatic carbocycles. The zero-order valence-electron chi connectivity index (χ0n) is 10.9. The van der Waals surface area contributed by atoms with Crippen LogP contribution < -0.4 is 10.0 Å². The van der Waals surface area contributed by atoms with Crippen LogP contribution in [0.3, 0.4) is 0 Å². The molecule has 2 unspecified atom stereocenters. The van der Waals surface area contributed by atoms with E-state index in [1.54, 1.807) is 4.31 Å². The molecule has 2 saturated heterocycles. The summed E-state index contributed by atoms with van der Waals surface area (Å²) >= 11 is 0. The second kappa shape index (κ2) is 7.05. The Kier molecular flexibility index (Phi) is 6.34. The number of rotatable bonds is 3. The smallest absolute Gasteiger partial charge is 0.279 e. The van der Waals surface area contributed by atoms with Crippen LogP contribution in [-0.4, -0.2) is 44.4 Å². The quantitative estimate of drug-likeness (QED) is 0.812. The third-order valence-electron chi connectivity index (χ3n) is 3.59. The number of nitrogens with zero attached hydrogens (tertiary/aromatic N) is 1. The van der Waals surface area contributed by atoms with Crippen molar-refractivity contribution in [3.63, 3.8) is 0 Å². The van der Waals surface area contributed by atoms with E-state index < -0.39 is 10.2 Å². The van der Waals surface area contributed by atoms with Gasteiger partial charge in [0.05, 0.1) is 0 Å². The molecule has 18 heavy (non-hydrogen) atoms. The van der Waals surface area contributed by atoms with Gasteiger partial charge in [-0.3, -0.25) is 0 Å². The van der Waals surface area contributed by atoms with Crippen molar-refractivity contribution in [3.8, 4) is 0 Å². The first-order valence-corrected chi connectivity index (χ1v) is 8.03. The van der Waals surface area contributed by atoms with Gasteiger partial charge in [0.1, 0.15) is 0 Å². The minimum Gasteiger partial charge on any atom is -0.314 e. The molecular weight excluding hydrogens is 274 g/mol. The molecule has 2 N–H and O–H groups in total. The van der Waals surface area contributed by atoms with Crippen molar-refractivity contribution in [2.45, 2.75) is 51.1 Å². The summed E-state index contributed by atoms with van der Waals surface area (Å²) in [4.78, 5) is 0. The number of hydrogen-bond acceptors (Lipinski definition) is 3. The van der Waals surface area contributed by atoms with E-state index >= 15 is 0 Å². The average molecular weight is 298 g/mol. The fourth-order valence-corrected chi connectivity index (χ4v) is 4.15. The maximum Gasteiger partial charge on any atom is 0.279 e. The summed E-state index contributed by atoms with van der Waals surface area (Å²) in [6.45, 7) is 4.35. The van der Waals surface area contributed by atoms with Gasteiger partial charge in [0.25, 0.3) is 10.2 Å². The van der Waals surface area contributed by atoms with Crippen LogP contribution in [0.15, 0.2) is 0 Å². The van der Waals surface area contributed by atoms with E-state index in [1.165, 1.54) is 0 Å². The van der Waals surface area contributed by atoms with Crippen LogP contribution >= 0.6 is 12.4 Å². The van der Waals surface area contributed by atoms with Crippen LogP contribution in [0.5, 0.6) is 0 Å². The fourth-order valence-electron chi connectivity index (χ4n) is 2.63. The maximum absolute atomic E-state index is 12.2. The van der Waals surface area contributed by atoms with Crippen LogP contribution in [0.4, 0.5) is 0 Å². The van der Waals surface area contributed by atoms with E-state index in [0.29, 0.717) is 19.1 Å². The Bertz CT molecular complexity index is 344. The molecule has 0 saturated carbocycles. The van der Waals surface area contributed by atoms with Crippen LogP contribution in [-0.2, 0) is 10.2 Å². The van der Waals surface area contributed by atoms with E-state index in [0.717, 1.165) is 38.6 Å². The third-order valence-corrected chi connectivity index (χ3v) is 5.27. The summed E-state index contributed by atoms with van der Waals surface area (Å²) in [6, 6.07) is 0.496. The molecule has 0 radical (unpaired) electrons. The number of hydrogen-bond donors (Lipinski definition) is 2. The van der Waals surface area contributed by atoms with E-state index in [4.69, 9.17) is 0 Å².